The molecule has 2 N–H and O–H groups in total. The van der Waals surface area contributed by atoms with E-state index in [1.165, 1.54) is 50.8 Å². The smallest absolute Gasteiger partial charge is 0.00700 e. The molecule has 0 saturated carbocycles. The molecule has 106 valence electrons. The van der Waals surface area contributed by atoms with Crippen LogP contribution in [0.4, 0.5) is 0 Å². The quantitative estimate of drug-likeness (QED) is 0.851. The molecule has 1 atom stereocenters. The summed E-state index contributed by atoms with van der Waals surface area (Å²) in [6.07, 6.45) is 6.36. The fraction of sp³-hybridized carbons (Fsp3) is 0.647. The van der Waals surface area contributed by atoms with Gasteiger partial charge < -0.3 is 10.6 Å². The van der Waals surface area contributed by atoms with Crippen LogP contribution in [0.15, 0.2) is 30.3 Å². The van der Waals surface area contributed by atoms with Gasteiger partial charge in [0.25, 0.3) is 0 Å². The summed E-state index contributed by atoms with van der Waals surface area (Å²) in [5.74, 6) is 0.877. The summed E-state index contributed by atoms with van der Waals surface area (Å²) in [7, 11) is 0. The zero-order valence-electron chi connectivity index (χ0n) is 12.2. The highest BCUT2D eigenvalue weighted by Crippen LogP contribution is 2.22. The summed E-state index contributed by atoms with van der Waals surface area (Å²) in [6.45, 7) is 5.77. The second-order valence-electron chi connectivity index (χ2n) is 5.93. The van der Waals surface area contributed by atoms with Gasteiger partial charge in [-0.3, -0.25) is 0 Å². The first-order valence-corrected chi connectivity index (χ1v) is 7.77. The first-order chi connectivity index (χ1) is 9.29. The predicted octanol–water partition coefficient (Wildman–Crippen LogP) is 3.07. The molecule has 1 fully saturated rings. The van der Waals surface area contributed by atoms with Crippen LogP contribution in [0, 0.1) is 5.92 Å². The van der Waals surface area contributed by atoms with Crippen LogP contribution in [-0.2, 0) is 6.42 Å². The number of nitrogens with zero attached hydrogens (tertiary/aromatic N) is 1. The van der Waals surface area contributed by atoms with E-state index in [-0.39, 0.29) is 0 Å². The van der Waals surface area contributed by atoms with E-state index >= 15 is 0 Å². The molecule has 1 aliphatic rings. The maximum absolute atomic E-state index is 5.65. The third-order valence-corrected chi connectivity index (χ3v) is 4.54. The van der Waals surface area contributed by atoms with Crippen LogP contribution in [-0.4, -0.2) is 30.6 Å². The van der Waals surface area contributed by atoms with E-state index in [1.807, 2.05) is 0 Å². The van der Waals surface area contributed by atoms with Gasteiger partial charge >= 0.3 is 0 Å². The van der Waals surface area contributed by atoms with Crippen molar-refractivity contribution in [3.05, 3.63) is 35.9 Å². The van der Waals surface area contributed by atoms with Crippen molar-refractivity contribution in [2.24, 2.45) is 11.7 Å². The first kappa shape index (κ1) is 14.5. The van der Waals surface area contributed by atoms with E-state index in [0.717, 1.165) is 12.5 Å². The van der Waals surface area contributed by atoms with Crippen molar-refractivity contribution in [1.82, 2.24) is 4.90 Å². The highest BCUT2D eigenvalue weighted by molar-refractivity contribution is 5.14. The van der Waals surface area contributed by atoms with Gasteiger partial charge in [-0.05, 0) is 70.1 Å². The molecule has 0 aliphatic carbocycles. The third-order valence-electron chi connectivity index (χ3n) is 4.54. The van der Waals surface area contributed by atoms with Gasteiger partial charge in [0, 0.05) is 6.04 Å². The molecule has 1 aromatic carbocycles. The SMILES string of the molecule is CC(CCc1ccccc1)N1CCC(CCN)CC1. The van der Waals surface area contributed by atoms with Crippen LogP contribution in [0.5, 0.6) is 0 Å². The van der Waals surface area contributed by atoms with Crippen LogP contribution < -0.4 is 5.73 Å². The Kier molecular flexibility index (Phi) is 5.87. The molecule has 0 radical (unpaired) electrons. The molecule has 2 heteroatoms. The Bertz CT molecular complexity index is 342. The summed E-state index contributed by atoms with van der Waals surface area (Å²) >= 11 is 0. The van der Waals surface area contributed by atoms with Crippen molar-refractivity contribution in [3.8, 4) is 0 Å². The number of aryl methyl sites for hydroxylation is 1. The molecule has 0 aromatic heterocycles. The van der Waals surface area contributed by atoms with Gasteiger partial charge in [0.15, 0.2) is 0 Å². The second kappa shape index (κ2) is 7.66. The van der Waals surface area contributed by atoms with Crippen LogP contribution >= 0.6 is 0 Å². The molecular weight excluding hydrogens is 232 g/mol. The molecule has 0 spiro atoms. The average molecular weight is 260 g/mol. The number of hydrogen-bond donors (Lipinski definition) is 1. The third kappa shape index (κ3) is 4.63. The van der Waals surface area contributed by atoms with Crippen molar-refractivity contribution < 1.29 is 0 Å². The lowest BCUT2D eigenvalue weighted by atomic mass is 9.92. The highest BCUT2D eigenvalue weighted by atomic mass is 15.2. The fourth-order valence-electron chi connectivity index (χ4n) is 3.12. The molecule has 0 bridgehead atoms. The predicted molar refractivity (Wildman–Crippen MR) is 82.2 cm³/mol. The Labute approximate surface area is 118 Å². The monoisotopic (exact) mass is 260 g/mol. The minimum Gasteiger partial charge on any atom is -0.330 e. The molecular formula is C17H28N2. The molecule has 2 nitrogen and oxygen atoms in total. The standard InChI is InChI=1S/C17H28N2/c1-15(7-8-16-5-3-2-4-6-16)19-13-10-17(9-12-18)11-14-19/h2-6,15,17H,7-14,18H2,1H3. The topological polar surface area (TPSA) is 29.3 Å². The molecule has 0 amide bonds. The largest absolute Gasteiger partial charge is 0.330 e. The van der Waals surface area contributed by atoms with Gasteiger partial charge in [-0.1, -0.05) is 30.3 Å². The zero-order chi connectivity index (χ0) is 13.5. The van der Waals surface area contributed by atoms with E-state index in [9.17, 15) is 0 Å². The molecule has 2 rings (SSSR count). The molecule has 1 aromatic rings. The molecule has 1 aliphatic heterocycles. The van der Waals surface area contributed by atoms with Crippen LogP contribution in [0.1, 0.15) is 38.2 Å². The minimum atomic E-state index is 0.707. The first-order valence-electron chi connectivity index (χ1n) is 7.77. The molecule has 19 heavy (non-hydrogen) atoms. The molecule has 1 saturated heterocycles. The lowest BCUT2D eigenvalue weighted by Gasteiger charge is -2.36. The fourth-order valence-corrected chi connectivity index (χ4v) is 3.12. The molecule has 1 heterocycles. The number of benzene rings is 1. The van der Waals surface area contributed by atoms with Crippen molar-refractivity contribution in [2.75, 3.05) is 19.6 Å². The number of hydrogen-bond acceptors (Lipinski definition) is 2. The molecule has 1 unspecified atom stereocenters. The Hall–Kier alpha value is -0.860. The Balaban J connectivity index is 1.71. The van der Waals surface area contributed by atoms with Crippen molar-refractivity contribution >= 4 is 0 Å². The van der Waals surface area contributed by atoms with Crippen molar-refractivity contribution in [2.45, 2.75) is 45.1 Å². The van der Waals surface area contributed by atoms with Crippen LogP contribution in [0.3, 0.4) is 0 Å². The summed E-state index contributed by atoms with van der Waals surface area (Å²) in [5, 5.41) is 0. The Morgan fingerprint density at radius 3 is 2.53 bits per heavy atom. The van der Waals surface area contributed by atoms with Crippen LogP contribution in [0.2, 0.25) is 0 Å². The number of piperidine rings is 1. The summed E-state index contributed by atoms with van der Waals surface area (Å²) < 4.78 is 0. The number of likely N-dealkylation sites (tertiary alicyclic amines) is 1. The summed E-state index contributed by atoms with van der Waals surface area (Å²) in [4.78, 5) is 2.66. The normalized spacial score (nSPS) is 19.5. The van der Waals surface area contributed by atoms with Gasteiger partial charge in [0.2, 0.25) is 0 Å². The van der Waals surface area contributed by atoms with Crippen molar-refractivity contribution in [1.29, 1.82) is 0 Å². The minimum absolute atomic E-state index is 0.707. The maximum Gasteiger partial charge on any atom is 0.00700 e. The van der Waals surface area contributed by atoms with Gasteiger partial charge in [-0.25, -0.2) is 0 Å². The number of nitrogens with two attached hydrogens (primary N) is 1. The average Bonchev–Trinajstić information content (AvgIpc) is 2.47. The lowest BCUT2D eigenvalue weighted by Crippen LogP contribution is -2.40. The van der Waals surface area contributed by atoms with Gasteiger partial charge in [0.1, 0.15) is 0 Å². The summed E-state index contributed by atoms with van der Waals surface area (Å²) in [5.41, 5.74) is 7.12. The highest BCUT2D eigenvalue weighted by Gasteiger charge is 2.21. The maximum atomic E-state index is 5.65. The summed E-state index contributed by atoms with van der Waals surface area (Å²) in [6, 6.07) is 11.5. The van der Waals surface area contributed by atoms with Crippen LogP contribution in [0.25, 0.3) is 0 Å². The lowest BCUT2D eigenvalue weighted by molar-refractivity contribution is 0.133. The van der Waals surface area contributed by atoms with E-state index in [2.05, 4.69) is 42.2 Å². The van der Waals surface area contributed by atoms with Gasteiger partial charge in [-0.15, -0.1) is 0 Å². The van der Waals surface area contributed by atoms with E-state index in [1.54, 1.807) is 0 Å². The van der Waals surface area contributed by atoms with Crippen molar-refractivity contribution in [3.63, 3.8) is 0 Å². The zero-order valence-corrected chi connectivity index (χ0v) is 12.2. The van der Waals surface area contributed by atoms with Gasteiger partial charge in [-0.2, -0.15) is 0 Å². The van der Waals surface area contributed by atoms with Gasteiger partial charge in [0.05, 0.1) is 0 Å². The Morgan fingerprint density at radius 2 is 1.89 bits per heavy atom. The number of rotatable bonds is 6. The van der Waals surface area contributed by atoms with E-state index in [4.69, 9.17) is 5.73 Å². The van der Waals surface area contributed by atoms with E-state index < -0.39 is 0 Å². The second-order valence-corrected chi connectivity index (χ2v) is 5.93. The van der Waals surface area contributed by atoms with E-state index in [0.29, 0.717) is 6.04 Å². The Morgan fingerprint density at radius 1 is 1.21 bits per heavy atom.